The zero-order valence-electron chi connectivity index (χ0n) is 32.7. The number of ether oxygens (including phenoxy) is 3. The summed E-state index contributed by atoms with van der Waals surface area (Å²) in [6.07, 6.45) is 15.1. The van der Waals surface area contributed by atoms with Gasteiger partial charge in [-0.05, 0) is 117 Å². The van der Waals surface area contributed by atoms with Gasteiger partial charge in [-0.1, -0.05) is 79.4 Å². The molecular weight excluding hydrogens is 707 g/mol. The summed E-state index contributed by atoms with van der Waals surface area (Å²) in [5.41, 5.74) is 6.77. The molecular formula is C47H59NO6S. The van der Waals surface area contributed by atoms with E-state index in [2.05, 4.69) is 62.9 Å². The molecule has 0 amide bonds. The Bertz CT molecular complexity index is 1800. The second-order valence-electron chi connectivity index (χ2n) is 15.9. The Morgan fingerprint density at radius 3 is 2.40 bits per heavy atom. The van der Waals surface area contributed by atoms with Crippen molar-refractivity contribution in [3.63, 3.8) is 0 Å². The third kappa shape index (κ3) is 8.88. The van der Waals surface area contributed by atoms with Gasteiger partial charge in [0.1, 0.15) is 23.9 Å². The molecule has 0 spiro atoms. The van der Waals surface area contributed by atoms with Gasteiger partial charge in [-0.25, -0.2) is 0 Å². The van der Waals surface area contributed by atoms with E-state index in [4.69, 9.17) is 24.2 Å². The number of fused-ring (bicyclic) bond motifs is 2. The number of aliphatic hydroxyl groups is 2. The van der Waals surface area contributed by atoms with E-state index >= 15 is 0 Å². The van der Waals surface area contributed by atoms with Crippen molar-refractivity contribution < 1.29 is 29.3 Å². The fraction of sp³-hybridized carbons (Fsp3) is 0.511. The van der Waals surface area contributed by atoms with Gasteiger partial charge < -0.3 is 29.3 Å². The summed E-state index contributed by atoms with van der Waals surface area (Å²) in [6, 6.07) is 22.8. The van der Waals surface area contributed by atoms with Gasteiger partial charge in [-0.3, -0.25) is 0 Å². The topological polar surface area (TPSA) is 89.7 Å². The highest BCUT2D eigenvalue weighted by Crippen LogP contribution is 2.63. The summed E-state index contributed by atoms with van der Waals surface area (Å²) < 4.78 is 21.1. The van der Waals surface area contributed by atoms with Gasteiger partial charge in [-0.2, -0.15) is 0 Å². The molecule has 3 aromatic carbocycles. The zero-order chi connectivity index (χ0) is 38.2. The highest BCUT2D eigenvalue weighted by Gasteiger charge is 2.64. The molecule has 0 saturated heterocycles. The van der Waals surface area contributed by atoms with Crippen LogP contribution in [0.25, 0.3) is 0 Å². The van der Waals surface area contributed by atoms with Crippen LogP contribution in [0.15, 0.2) is 96.2 Å². The smallest absolute Gasteiger partial charge is 0.230 e. The third-order valence-electron chi connectivity index (χ3n) is 12.2. The number of hydrogen-bond donors (Lipinski definition) is 2. The minimum absolute atomic E-state index is 0.0251. The number of benzene rings is 3. The molecule has 294 valence electrons. The lowest BCUT2D eigenvalue weighted by Crippen LogP contribution is -2.64. The van der Waals surface area contributed by atoms with Gasteiger partial charge in [0, 0.05) is 36.4 Å². The first kappa shape index (κ1) is 39.7. The van der Waals surface area contributed by atoms with Crippen LogP contribution in [0.2, 0.25) is 0 Å². The Hall–Kier alpha value is -3.56. The van der Waals surface area contributed by atoms with E-state index in [1.165, 1.54) is 36.8 Å². The van der Waals surface area contributed by atoms with Crippen LogP contribution in [-0.2, 0) is 16.2 Å². The average Bonchev–Trinajstić information content (AvgIpc) is 3.71. The summed E-state index contributed by atoms with van der Waals surface area (Å²) >= 11 is 2.02. The van der Waals surface area contributed by atoms with E-state index in [9.17, 15) is 10.2 Å². The molecule has 0 radical (unpaired) electrons. The fourth-order valence-electron chi connectivity index (χ4n) is 9.44. The maximum Gasteiger partial charge on any atom is 0.230 e. The molecule has 3 aliphatic carbocycles. The number of rotatable bonds is 18. The van der Waals surface area contributed by atoms with Gasteiger partial charge in [0.2, 0.25) is 5.79 Å². The molecule has 1 heterocycles. The molecule has 6 atom stereocenters. The molecule has 2 N–H and O–H groups in total. The number of allylic oxidation sites excluding steroid dienone is 1. The van der Waals surface area contributed by atoms with Gasteiger partial charge in [0.15, 0.2) is 0 Å². The van der Waals surface area contributed by atoms with Crippen LogP contribution >= 0.6 is 11.8 Å². The molecule has 2 saturated carbocycles. The van der Waals surface area contributed by atoms with Crippen molar-refractivity contribution in [3.8, 4) is 17.2 Å². The first-order chi connectivity index (χ1) is 26.9. The third-order valence-corrected chi connectivity index (χ3v) is 13.9. The molecule has 7 nitrogen and oxygen atoms in total. The summed E-state index contributed by atoms with van der Waals surface area (Å²) in [5.74, 6) is 1.82. The number of nitrogens with zero attached hydrogens (tertiary/aromatic N) is 1. The fourth-order valence-corrected chi connectivity index (χ4v) is 11.2. The maximum atomic E-state index is 9.94. The van der Waals surface area contributed by atoms with Crippen molar-refractivity contribution in [2.24, 2.45) is 22.9 Å². The van der Waals surface area contributed by atoms with Crippen LogP contribution in [0.3, 0.4) is 0 Å². The maximum absolute atomic E-state index is 9.94. The summed E-state index contributed by atoms with van der Waals surface area (Å²) in [4.78, 5) is 6.23. The van der Waals surface area contributed by atoms with Gasteiger partial charge >= 0.3 is 0 Å². The summed E-state index contributed by atoms with van der Waals surface area (Å²) in [7, 11) is 0. The molecule has 8 heteroatoms. The van der Waals surface area contributed by atoms with Crippen molar-refractivity contribution in [3.05, 3.63) is 113 Å². The number of aliphatic hydroxyl groups excluding tert-OH is 2. The predicted molar refractivity (Wildman–Crippen MR) is 222 cm³/mol. The molecule has 1 aliphatic heterocycles. The van der Waals surface area contributed by atoms with Crippen LogP contribution in [0.4, 0.5) is 0 Å². The lowest BCUT2D eigenvalue weighted by Gasteiger charge is -2.58. The SMILES string of the molecule is C=CCOC12Oc3ccc(Oc4ccc(C)c(C)c4)cc3C3C(CCCCO)C(CCCCO)C=C(C(=NOCc4ccccc4)CC1SC1CCCC1)C32. The Kier molecular flexibility index (Phi) is 13.4. The number of aryl methyl sites for hydroxylation is 2. The van der Waals surface area contributed by atoms with E-state index in [1.807, 2.05) is 48.2 Å². The predicted octanol–water partition coefficient (Wildman–Crippen LogP) is 10.6. The van der Waals surface area contributed by atoms with Crippen LogP contribution in [0, 0.1) is 31.6 Å². The van der Waals surface area contributed by atoms with Crippen molar-refractivity contribution in [1.29, 1.82) is 0 Å². The largest absolute Gasteiger partial charge is 0.460 e. The van der Waals surface area contributed by atoms with Crippen LogP contribution < -0.4 is 9.47 Å². The number of oxime groups is 1. The quantitative estimate of drug-likeness (QED) is 0.0757. The Labute approximate surface area is 332 Å². The summed E-state index contributed by atoms with van der Waals surface area (Å²) in [5, 5.41) is 25.3. The molecule has 4 aliphatic rings. The normalized spacial score (nSPS) is 26.5. The first-order valence-corrected chi connectivity index (χ1v) is 21.5. The lowest BCUT2D eigenvalue weighted by atomic mass is 9.56. The zero-order valence-corrected chi connectivity index (χ0v) is 33.5. The molecule has 55 heavy (non-hydrogen) atoms. The van der Waals surface area contributed by atoms with Crippen molar-refractivity contribution in [2.45, 2.75) is 113 Å². The first-order valence-electron chi connectivity index (χ1n) is 20.6. The van der Waals surface area contributed by atoms with Crippen molar-refractivity contribution >= 4 is 17.5 Å². The minimum atomic E-state index is -0.953. The van der Waals surface area contributed by atoms with E-state index in [0.717, 1.165) is 78.2 Å². The van der Waals surface area contributed by atoms with Gasteiger partial charge in [-0.15, -0.1) is 18.3 Å². The van der Waals surface area contributed by atoms with E-state index in [1.54, 1.807) is 0 Å². The number of hydrogen-bond acceptors (Lipinski definition) is 8. The monoisotopic (exact) mass is 765 g/mol. The van der Waals surface area contributed by atoms with E-state index < -0.39 is 5.79 Å². The van der Waals surface area contributed by atoms with Crippen molar-refractivity contribution in [2.75, 3.05) is 19.8 Å². The van der Waals surface area contributed by atoms with E-state index in [-0.39, 0.29) is 42.1 Å². The second kappa shape index (κ2) is 18.6. The molecule has 7 rings (SSSR count). The standard InChI is InChI=1S/C47H59NO6S/c1-4-26-51-47-44(55-38-17-8-9-18-38)30-42(48-52-31-34-14-6-5-7-15-34)40-28-35(16-10-12-24-49)39(19-11-13-25-50)45(46(40)47)41-29-37(22-23-43(41)54-47)53-36-21-20-32(2)33(3)27-36/h4-7,14-15,20-23,27-29,35,38-39,44-46,49-50H,1,8-13,16-19,24-26,30-31H2,2-3H3. The Morgan fingerprint density at radius 1 is 0.909 bits per heavy atom. The van der Waals surface area contributed by atoms with Crippen LogP contribution in [-0.4, -0.2) is 52.0 Å². The number of thioether (sulfide) groups is 1. The van der Waals surface area contributed by atoms with Crippen molar-refractivity contribution in [1.82, 2.24) is 0 Å². The second-order valence-corrected chi connectivity index (χ2v) is 17.4. The minimum Gasteiger partial charge on any atom is -0.460 e. The Balaban J connectivity index is 1.38. The van der Waals surface area contributed by atoms with Crippen LogP contribution in [0.5, 0.6) is 17.2 Å². The van der Waals surface area contributed by atoms with Gasteiger partial charge in [0.05, 0.1) is 23.5 Å². The number of unbranched alkanes of at least 4 members (excludes halogenated alkanes) is 2. The highest BCUT2D eigenvalue weighted by atomic mass is 32.2. The highest BCUT2D eigenvalue weighted by molar-refractivity contribution is 8.00. The van der Waals surface area contributed by atoms with E-state index in [0.29, 0.717) is 24.9 Å². The molecule has 0 bridgehead atoms. The lowest BCUT2D eigenvalue weighted by molar-refractivity contribution is -0.223. The molecule has 0 aromatic heterocycles. The Morgan fingerprint density at radius 2 is 1.65 bits per heavy atom. The van der Waals surface area contributed by atoms with Crippen LogP contribution in [0.1, 0.15) is 98.8 Å². The van der Waals surface area contributed by atoms with Gasteiger partial charge in [0.25, 0.3) is 0 Å². The molecule has 6 unspecified atom stereocenters. The average molecular weight is 766 g/mol. The molecule has 2 fully saturated rings. The molecule has 3 aromatic rings. The summed E-state index contributed by atoms with van der Waals surface area (Å²) in [6.45, 7) is 9.43.